The van der Waals surface area contributed by atoms with Crippen LogP contribution in [0.2, 0.25) is 0 Å². The Balaban J connectivity index is 1.84. The molecule has 0 aliphatic rings. The molecule has 0 spiro atoms. The molecular weight excluding hydrogens is 240 g/mol. The van der Waals surface area contributed by atoms with E-state index in [0.29, 0.717) is 0 Å². The minimum atomic E-state index is 0.766. The van der Waals surface area contributed by atoms with Crippen molar-refractivity contribution in [2.45, 2.75) is 39.5 Å². The van der Waals surface area contributed by atoms with Gasteiger partial charge in [0.1, 0.15) is 0 Å². The molecule has 0 atom stereocenters. The maximum atomic E-state index is 2.36. The molecule has 2 aromatic carbocycles. The van der Waals surface area contributed by atoms with Gasteiger partial charge in [0, 0.05) is 0 Å². The first-order valence-electron chi connectivity index (χ1n) is 7.83. The Morgan fingerprint density at radius 3 is 1.40 bits per heavy atom. The van der Waals surface area contributed by atoms with Crippen LogP contribution in [0.4, 0.5) is 0 Å². The summed E-state index contributed by atoms with van der Waals surface area (Å²) in [4.78, 5) is 0. The monoisotopic (exact) mass is 266 g/mol. The standard InChI is InChI=1S/C20H26/c1-17(2)20(15-13-18-9-5-3-6-10-18)16-14-19-11-7-4-8-12-19/h3-12,17,20H,13-16H2,1-2H3. The predicted molar refractivity (Wildman–Crippen MR) is 87.9 cm³/mol. The molecule has 0 amide bonds. The summed E-state index contributed by atoms with van der Waals surface area (Å²) in [6, 6.07) is 21.7. The average Bonchev–Trinajstić information content (AvgIpc) is 2.49. The Labute approximate surface area is 123 Å². The molecule has 106 valence electrons. The van der Waals surface area contributed by atoms with E-state index in [-0.39, 0.29) is 0 Å². The fourth-order valence-electron chi connectivity index (χ4n) is 2.80. The summed E-state index contributed by atoms with van der Waals surface area (Å²) in [5.74, 6) is 1.58. The van der Waals surface area contributed by atoms with Crippen LogP contribution >= 0.6 is 0 Å². The van der Waals surface area contributed by atoms with Gasteiger partial charge in [-0.05, 0) is 48.6 Å². The molecule has 0 bridgehead atoms. The van der Waals surface area contributed by atoms with Crippen molar-refractivity contribution in [2.24, 2.45) is 11.8 Å². The smallest absolute Gasteiger partial charge is 0.0276 e. The molecule has 2 aromatic rings. The summed E-state index contributed by atoms with van der Waals surface area (Å²) in [6.45, 7) is 4.72. The lowest BCUT2D eigenvalue weighted by Gasteiger charge is -2.21. The van der Waals surface area contributed by atoms with Crippen molar-refractivity contribution in [3.63, 3.8) is 0 Å². The van der Waals surface area contributed by atoms with E-state index in [4.69, 9.17) is 0 Å². The van der Waals surface area contributed by atoms with Crippen LogP contribution in [0.25, 0.3) is 0 Å². The van der Waals surface area contributed by atoms with Gasteiger partial charge in [0.05, 0.1) is 0 Å². The van der Waals surface area contributed by atoms with Gasteiger partial charge in [-0.25, -0.2) is 0 Å². The highest BCUT2D eigenvalue weighted by Gasteiger charge is 2.13. The Hall–Kier alpha value is -1.56. The van der Waals surface area contributed by atoms with Crippen molar-refractivity contribution in [3.05, 3.63) is 71.8 Å². The second kappa shape index (κ2) is 7.89. The molecular formula is C20H26. The van der Waals surface area contributed by atoms with E-state index in [1.54, 1.807) is 0 Å². The number of hydrogen-bond acceptors (Lipinski definition) is 0. The van der Waals surface area contributed by atoms with E-state index in [0.717, 1.165) is 11.8 Å². The molecule has 0 aliphatic carbocycles. The quantitative estimate of drug-likeness (QED) is 0.618. The van der Waals surface area contributed by atoms with Gasteiger partial charge in [0.25, 0.3) is 0 Å². The van der Waals surface area contributed by atoms with Crippen LogP contribution in [0.5, 0.6) is 0 Å². The largest absolute Gasteiger partial charge is 0.0625 e. The third kappa shape index (κ3) is 4.85. The maximum Gasteiger partial charge on any atom is -0.0276 e. The minimum Gasteiger partial charge on any atom is -0.0625 e. The zero-order valence-corrected chi connectivity index (χ0v) is 12.8. The van der Waals surface area contributed by atoms with E-state index < -0.39 is 0 Å². The fraction of sp³-hybridized carbons (Fsp3) is 0.400. The molecule has 0 radical (unpaired) electrons. The molecule has 20 heavy (non-hydrogen) atoms. The van der Waals surface area contributed by atoms with Crippen LogP contribution in [0.15, 0.2) is 60.7 Å². The molecule has 0 aliphatic heterocycles. The third-order valence-electron chi connectivity index (χ3n) is 4.24. The molecule has 0 fully saturated rings. The van der Waals surface area contributed by atoms with Crippen molar-refractivity contribution in [1.82, 2.24) is 0 Å². The van der Waals surface area contributed by atoms with E-state index in [2.05, 4.69) is 74.5 Å². The molecule has 0 aromatic heterocycles. The van der Waals surface area contributed by atoms with Gasteiger partial charge in [0.2, 0.25) is 0 Å². The maximum absolute atomic E-state index is 2.36. The summed E-state index contributed by atoms with van der Waals surface area (Å²) >= 11 is 0. The second-order valence-electron chi connectivity index (χ2n) is 6.05. The molecule has 0 saturated heterocycles. The first-order chi connectivity index (χ1) is 9.75. The summed E-state index contributed by atoms with van der Waals surface area (Å²) in [6.07, 6.45) is 5.01. The number of aryl methyl sites for hydroxylation is 2. The molecule has 0 saturated carbocycles. The Morgan fingerprint density at radius 2 is 1.05 bits per heavy atom. The third-order valence-corrected chi connectivity index (χ3v) is 4.24. The van der Waals surface area contributed by atoms with Gasteiger partial charge in [-0.2, -0.15) is 0 Å². The SMILES string of the molecule is CC(C)C(CCc1ccccc1)CCc1ccccc1. The van der Waals surface area contributed by atoms with Crippen LogP contribution in [0.1, 0.15) is 37.8 Å². The zero-order chi connectivity index (χ0) is 14.2. The summed E-state index contributed by atoms with van der Waals surface area (Å²) < 4.78 is 0. The summed E-state index contributed by atoms with van der Waals surface area (Å²) in [7, 11) is 0. The summed E-state index contributed by atoms with van der Waals surface area (Å²) in [5.41, 5.74) is 2.94. The fourth-order valence-corrected chi connectivity index (χ4v) is 2.80. The topological polar surface area (TPSA) is 0 Å². The molecule has 0 unspecified atom stereocenters. The average molecular weight is 266 g/mol. The normalized spacial score (nSPS) is 11.2. The van der Waals surface area contributed by atoms with Crippen LogP contribution in [0.3, 0.4) is 0 Å². The van der Waals surface area contributed by atoms with Crippen molar-refractivity contribution >= 4 is 0 Å². The Bertz CT molecular complexity index is 426. The zero-order valence-electron chi connectivity index (χ0n) is 12.8. The highest BCUT2D eigenvalue weighted by atomic mass is 14.2. The molecule has 0 N–H and O–H groups in total. The minimum absolute atomic E-state index is 0.766. The van der Waals surface area contributed by atoms with Crippen molar-refractivity contribution in [3.8, 4) is 0 Å². The van der Waals surface area contributed by atoms with Crippen LogP contribution in [0, 0.1) is 11.8 Å². The lowest BCUT2D eigenvalue weighted by Crippen LogP contribution is -2.11. The van der Waals surface area contributed by atoms with Gasteiger partial charge in [0.15, 0.2) is 0 Å². The summed E-state index contributed by atoms with van der Waals surface area (Å²) in [5, 5.41) is 0. The predicted octanol–water partition coefficient (Wildman–Crippen LogP) is 5.52. The first-order valence-corrected chi connectivity index (χ1v) is 7.83. The van der Waals surface area contributed by atoms with E-state index in [9.17, 15) is 0 Å². The highest BCUT2D eigenvalue weighted by Crippen LogP contribution is 2.23. The van der Waals surface area contributed by atoms with Gasteiger partial charge < -0.3 is 0 Å². The van der Waals surface area contributed by atoms with Crippen molar-refractivity contribution in [2.75, 3.05) is 0 Å². The van der Waals surface area contributed by atoms with E-state index in [1.165, 1.54) is 36.8 Å². The lowest BCUT2D eigenvalue weighted by atomic mass is 9.85. The Kier molecular flexibility index (Phi) is 5.86. The van der Waals surface area contributed by atoms with Gasteiger partial charge in [-0.1, -0.05) is 74.5 Å². The molecule has 0 nitrogen and oxygen atoms in total. The van der Waals surface area contributed by atoms with E-state index in [1.807, 2.05) is 0 Å². The lowest BCUT2D eigenvalue weighted by molar-refractivity contribution is 0.337. The highest BCUT2D eigenvalue weighted by molar-refractivity contribution is 5.16. The number of rotatable bonds is 7. The Morgan fingerprint density at radius 1 is 0.650 bits per heavy atom. The number of hydrogen-bond donors (Lipinski definition) is 0. The van der Waals surface area contributed by atoms with E-state index >= 15 is 0 Å². The number of benzene rings is 2. The first kappa shape index (κ1) is 14.8. The molecule has 0 heterocycles. The second-order valence-corrected chi connectivity index (χ2v) is 6.05. The van der Waals surface area contributed by atoms with Gasteiger partial charge in [-0.3, -0.25) is 0 Å². The van der Waals surface area contributed by atoms with Crippen LogP contribution in [-0.4, -0.2) is 0 Å². The molecule has 0 heteroatoms. The van der Waals surface area contributed by atoms with Gasteiger partial charge in [-0.15, -0.1) is 0 Å². The van der Waals surface area contributed by atoms with Crippen LogP contribution in [-0.2, 0) is 12.8 Å². The van der Waals surface area contributed by atoms with Gasteiger partial charge >= 0.3 is 0 Å². The van der Waals surface area contributed by atoms with Crippen molar-refractivity contribution < 1.29 is 0 Å². The van der Waals surface area contributed by atoms with Crippen LogP contribution < -0.4 is 0 Å². The van der Waals surface area contributed by atoms with Crippen molar-refractivity contribution in [1.29, 1.82) is 0 Å². The molecule has 2 rings (SSSR count).